The molecule has 1 N–H and O–H groups in total. The van der Waals surface area contributed by atoms with Crippen LogP contribution in [0.2, 0.25) is 0 Å². The van der Waals surface area contributed by atoms with Gasteiger partial charge in [0.25, 0.3) is 0 Å². The van der Waals surface area contributed by atoms with Gasteiger partial charge >= 0.3 is 0 Å². The lowest BCUT2D eigenvalue weighted by atomic mass is 10.2. The predicted octanol–water partition coefficient (Wildman–Crippen LogP) is 2.86. The fraction of sp³-hybridized carbons (Fsp3) is 0.400. The smallest absolute Gasteiger partial charge is 0.224 e. The molecule has 0 aliphatic carbocycles. The third-order valence-electron chi connectivity index (χ3n) is 3.06. The van der Waals surface area contributed by atoms with Crippen molar-refractivity contribution in [1.29, 1.82) is 0 Å². The minimum absolute atomic E-state index is 0.322. The molecule has 0 aliphatic heterocycles. The van der Waals surface area contributed by atoms with Crippen LogP contribution in [0.25, 0.3) is 0 Å². The van der Waals surface area contributed by atoms with Crippen LogP contribution >= 0.6 is 0 Å². The second kappa shape index (κ2) is 7.52. The Bertz CT molecular complexity index is 561. The molecular formula is C15H20FN5. The Morgan fingerprint density at radius 1 is 1.24 bits per heavy atom. The van der Waals surface area contributed by atoms with Crippen molar-refractivity contribution < 1.29 is 4.39 Å². The summed E-state index contributed by atoms with van der Waals surface area (Å²) in [5.41, 5.74) is 1.06. The van der Waals surface area contributed by atoms with Crippen molar-refractivity contribution in [3.8, 4) is 0 Å². The monoisotopic (exact) mass is 289 g/mol. The van der Waals surface area contributed by atoms with Crippen molar-refractivity contribution in [3.05, 3.63) is 42.1 Å². The molecule has 0 amide bonds. The molecule has 5 nitrogen and oxygen atoms in total. The van der Waals surface area contributed by atoms with Crippen LogP contribution < -0.4 is 10.2 Å². The van der Waals surface area contributed by atoms with E-state index in [2.05, 4.69) is 27.2 Å². The highest BCUT2D eigenvalue weighted by Crippen LogP contribution is 2.19. The molecule has 2 aromatic rings. The maximum atomic E-state index is 14.0. The van der Waals surface area contributed by atoms with Crippen molar-refractivity contribution in [2.24, 2.45) is 0 Å². The first kappa shape index (κ1) is 15.2. The molecule has 6 heteroatoms. The highest BCUT2D eigenvalue weighted by molar-refractivity contribution is 5.44. The van der Waals surface area contributed by atoms with Crippen LogP contribution in [0.5, 0.6) is 0 Å². The Morgan fingerprint density at radius 2 is 2.00 bits per heavy atom. The molecule has 0 aromatic carbocycles. The minimum Gasteiger partial charge on any atom is -0.354 e. The van der Waals surface area contributed by atoms with E-state index in [-0.39, 0.29) is 0 Å². The molecule has 0 saturated heterocycles. The molecule has 112 valence electrons. The van der Waals surface area contributed by atoms with Crippen LogP contribution in [-0.2, 0) is 6.54 Å². The Morgan fingerprint density at radius 3 is 2.67 bits per heavy atom. The summed E-state index contributed by atoms with van der Waals surface area (Å²) in [7, 11) is 0. The van der Waals surface area contributed by atoms with Gasteiger partial charge in [0, 0.05) is 32.0 Å². The van der Waals surface area contributed by atoms with Crippen molar-refractivity contribution in [2.75, 3.05) is 23.3 Å². The van der Waals surface area contributed by atoms with Gasteiger partial charge in [0.05, 0.1) is 6.20 Å². The quantitative estimate of drug-likeness (QED) is 0.849. The zero-order valence-electron chi connectivity index (χ0n) is 12.4. The molecular weight excluding hydrogens is 269 g/mol. The van der Waals surface area contributed by atoms with Gasteiger partial charge in [-0.25, -0.2) is 9.37 Å². The van der Waals surface area contributed by atoms with Crippen LogP contribution in [0.3, 0.4) is 0 Å². The van der Waals surface area contributed by atoms with Gasteiger partial charge in [0.2, 0.25) is 5.95 Å². The van der Waals surface area contributed by atoms with Crippen molar-refractivity contribution in [1.82, 2.24) is 15.0 Å². The van der Waals surface area contributed by atoms with E-state index in [9.17, 15) is 4.39 Å². The number of nitrogens with zero attached hydrogens (tertiary/aromatic N) is 4. The zero-order valence-corrected chi connectivity index (χ0v) is 12.4. The second-order valence-corrected chi connectivity index (χ2v) is 4.66. The number of nitrogens with one attached hydrogen (secondary N) is 1. The van der Waals surface area contributed by atoms with Gasteiger partial charge in [-0.3, -0.25) is 4.98 Å². The van der Waals surface area contributed by atoms with Crippen molar-refractivity contribution in [2.45, 2.75) is 26.8 Å². The molecule has 0 atom stereocenters. The first-order chi connectivity index (χ1) is 10.2. The molecule has 0 spiro atoms. The van der Waals surface area contributed by atoms with Crippen molar-refractivity contribution >= 4 is 11.8 Å². The summed E-state index contributed by atoms with van der Waals surface area (Å²) in [6.07, 6.45) is 5.64. The average molecular weight is 289 g/mol. The summed E-state index contributed by atoms with van der Waals surface area (Å²) in [5.74, 6) is 0.372. The summed E-state index contributed by atoms with van der Waals surface area (Å²) in [6.45, 7) is 6.03. The van der Waals surface area contributed by atoms with Crippen LogP contribution in [0, 0.1) is 5.82 Å². The Kier molecular flexibility index (Phi) is 5.43. The van der Waals surface area contributed by atoms with Crippen LogP contribution in [0.4, 0.5) is 16.2 Å². The molecule has 21 heavy (non-hydrogen) atoms. The van der Waals surface area contributed by atoms with Gasteiger partial charge in [-0.15, -0.1) is 0 Å². The molecule has 2 rings (SSSR count). The Hall–Kier alpha value is -2.24. The van der Waals surface area contributed by atoms with E-state index in [0.29, 0.717) is 24.9 Å². The second-order valence-electron chi connectivity index (χ2n) is 4.66. The van der Waals surface area contributed by atoms with E-state index >= 15 is 0 Å². The lowest BCUT2D eigenvalue weighted by Crippen LogP contribution is -2.25. The number of hydrogen-bond acceptors (Lipinski definition) is 5. The fourth-order valence-corrected chi connectivity index (χ4v) is 1.95. The van der Waals surface area contributed by atoms with Gasteiger partial charge in [-0.2, -0.15) is 4.98 Å². The SMILES string of the molecule is CCCNc1ncc(F)c(N(CC)Cc2ccncc2)n1. The standard InChI is InChI=1S/C15H20FN5/c1-3-7-18-15-19-10-13(16)14(20-15)21(4-2)11-12-5-8-17-9-6-12/h5-6,8-10H,3-4,7,11H2,1-2H3,(H,18,19,20). The summed E-state index contributed by atoms with van der Waals surface area (Å²) in [6, 6.07) is 3.83. The van der Waals surface area contributed by atoms with Crippen LogP contribution in [0.15, 0.2) is 30.7 Å². The maximum absolute atomic E-state index is 14.0. The number of anilines is 2. The third kappa shape index (κ3) is 4.11. The fourth-order valence-electron chi connectivity index (χ4n) is 1.95. The first-order valence-corrected chi connectivity index (χ1v) is 7.14. The highest BCUT2D eigenvalue weighted by Gasteiger charge is 2.14. The molecule has 0 bridgehead atoms. The number of rotatable bonds is 7. The topological polar surface area (TPSA) is 53.9 Å². The number of aromatic nitrogens is 3. The highest BCUT2D eigenvalue weighted by atomic mass is 19.1. The van der Waals surface area contributed by atoms with Crippen molar-refractivity contribution in [3.63, 3.8) is 0 Å². The van der Waals surface area contributed by atoms with E-state index in [1.807, 2.05) is 24.0 Å². The van der Waals surface area contributed by atoms with E-state index in [4.69, 9.17) is 0 Å². The Labute approximate surface area is 124 Å². The van der Waals surface area contributed by atoms with E-state index in [0.717, 1.165) is 18.5 Å². The minimum atomic E-state index is -0.409. The molecule has 0 fully saturated rings. The molecule has 0 saturated carbocycles. The predicted molar refractivity (Wildman–Crippen MR) is 81.7 cm³/mol. The zero-order chi connectivity index (χ0) is 15.1. The van der Waals surface area contributed by atoms with Gasteiger partial charge in [-0.05, 0) is 31.0 Å². The largest absolute Gasteiger partial charge is 0.354 e. The molecule has 0 aliphatic rings. The third-order valence-corrected chi connectivity index (χ3v) is 3.06. The number of pyridine rings is 1. The maximum Gasteiger partial charge on any atom is 0.224 e. The summed E-state index contributed by atoms with van der Waals surface area (Å²) in [4.78, 5) is 14.1. The molecule has 0 radical (unpaired) electrons. The van der Waals surface area contributed by atoms with Crippen LogP contribution in [-0.4, -0.2) is 28.0 Å². The molecule has 0 unspecified atom stereocenters. The molecule has 2 aromatic heterocycles. The normalized spacial score (nSPS) is 10.4. The lowest BCUT2D eigenvalue weighted by Gasteiger charge is -2.22. The summed E-state index contributed by atoms with van der Waals surface area (Å²) in [5, 5.41) is 3.08. The van der Waals surface area contributed by atoms with Gasteiger partial charge in [-0.1, -0.05) is 6.92 Å². The average Bonchev–Trinajstić information content (AvgIpc) is 2.53. The van der Waals surface area contributed by atoms with Gasteiger partial charge in [0.1, 0.15) is 0 Å². The van der Waals surface area contributed by atoms with E-state index < -0.39 is 5.82 Å². The number of halogens is 1. The number of hydrogen-bond donors (Lipinski definition) is 1. The lowest BCUT2D eigenvalue weighted by molar-refractivity contribution is 0.602. The van der Waals surface area contributed by atoms with E-state index in [1.165, 1.54) is 6.20 Å². The van der Waals surface area contributed by atoms with Crippen LogP contribution in [0.1, 0.15) is 25.8 Å². The van der Waals surface area contributed by atoms with E-state index in [1.54, 1.807) is 12.4 Å². The van der Waals surface area contributed by atoms with Gasteiger partial charge in [0.15, 0.2) is 11.6 Å². The molecule has 2 heterocycles. The van der Waals surface area contributed by atoms with Gasteiger partial charge < -0.3 is 10.2 Å². The summed E-state index contributed by atoms with van der Waals surface area (Å²) < 4.78 is 14.0. The first-order valence-electron chi connectivity index (χ1n) is 7.14. The summed E-state index contributed by atoms with van der Waals surface area (Å²) >= 11 is 0. The Balaban J connectivity index is 2.20.